The van der Waals surface area contributed by atoms with E-state index in [1.807, 2.05) is 53.4 Å². The van der Waals surface area contributed by atoms with Gasteiger partial charge in [-0.3, -0.25) is 4.79 Å². The number of thiazole rings is 1. The average molecular weight is 423 g/mol. The Hall–Kier alpha value is -2.70. The van der Waals surface area contributed by atoms with E-state index in [9.17, 15) is 4.79 Å². The van der Waals surface area contributed by atoms with Crippen molar-refractivity contribution in [1.82, 2.24) is 19.9 Å². The highest BCUT2D eigenvalue weighted by atomic mass is 35.5. The molecule has 7 heteroatoms. The number of aromatic nitrogens is 3. The first-order chi connectivity index (χ1) is 14.2. The number of hydrogen-bond donors (Lipinski definition) is 1. The Labute approximate surface area is 177 Å². The number of para-hydroxylation sites is 2. The molecular formula is C22H19ClN4OS. The molecule has 5 nitrogen and oxygen atoms in total. The summed E-state index contributed by atoms with van der Waals surface area (Å²) in [6.07, 6.45) is 3.65. The molecule has 0 saturated carbocycles. The second-order valence-electron chi connectivity index (χ2n) is 7.24. The SMILES string of the molecule is O=C(c1cnc(-c2ccccc2Cl)s1)N1CCCC(c2nc3ccccc3[nH]2)C1. The predicted octanol–water partition coefficient (Wildman–Crippen LogP) is 5.36. The summed E-state index contributed by atoms with van der Waals surface area (Å²) < 4.78 is 0. The molecule has 1 saturated heterocycles. The van der Waals surface area contributed by atoms with Gasteiger partial charge in [-0.1, -0.05) is 41.9 Å². The molecule has 1 aliphatic rings. The maximum atomic E-state index is 13.1. The third kappa shape index (κ3) is 3.54. The molecule has 1 aliphatic heterocycles. The van der Waals surface area contributed by atoms with Crippen LogP contribution in [0.2, 0.25) is 5.02 Å². The number of piperidine rings is 1. The molecule has 1 unspecified atom stereocenters. The van der Waals surface area contributed by atoms with Crippen LogP contribution in [0.3, 0.4) is 0 Å². The molecule has 0 radical (unpaired) electrons. The van der Waals surface area contributed by atoms with Crippen molar-refractivity contribution < 1.29 is 4.79 Å². The molecule has 0 aliphatic carbocycles. The van der Waals surface area contributed by atoms with Crippen LogP contribution in [0.4, 0.5) is 0 Å². The minimum atomic E-state index is 0.0293. The Morgan fingerprint density at radius 2 is 2.00 bits per heavy atom. The van der Waals surface area contributed by atoms with Crippen molar-refractivity contribution >= 4 is 39.9 Å². The van der Waals surface area contributed by atoms with Crippen LogP contribution in [0.1, 0.15) is 34.3 Å². The Kier molecular flexibility index (Phi) is 4.81. The van der Waals surface area contributed by atoms with E-state index in [1.165, 1.54) is 11.3 Å². The summed E-state index contributed by atoms with van der Waals surface area (Å²) in [5, 5.41) is 1.41. The highest BCUT2D eigenvalue weighted by molar-refractivity contribution is 7.17. The van der Waals surface area contributed by atoms with E-state index < -0.39 is 0 Å². The molecule has 4 aromatic rings. The smallest absolute Gasteiger partial charge is 0.265 e. The average Bonchev–Trinajstić information content (AvgIpc) is 3.41. The van der Waals surface area contributed by atoms with Gasteiger partial charge in [0.2, 0.25) is 0 Å². The fraction of sp³-hybridized carbons (Fsp3) is 0.227. The van der Waals surface area contributed by atoms with Crippen LogP contribution in [0.5, 0.6) is 0 Å². The number of hydrogen-bond acceptors (Lipinski definition) is 4. The van der Waals surface area contributed by atoms with Crippen molar-refractivity contribution in [3.8, 4) is 10.6 Å². The molecule has 1 atom stereocenters. The Balaban J connectivity index is 1.35. The number of likely N-dealkylation sites (tertiary alicyclic amines) is 1. The quantitative estimate of drug-likeness (QED) is 0.483. The zero-order chi connectivity index (χ0) is 19.8. The minimum Gasteiger partial charge on any atom is -0.342 e. The van der Waals surface area contributed by atoms with Gasteiger partial charge < -0.3 is 9.88 Å². The lowest BCUT2D eigenvalue weighted by Crippen LogP contribution is -2.39. The van der Waals surface area contributed by atoms with Crippen LogP contribution in [-0.4, -0.2) is 38.8 Å². The minimum absolute atomic E-state index is 0.0293. The van der Waals surface area contributed by atoms with Gasteiger partial charge in [0.25, 0.3) is 5.91 Å². The third-order valence-corrected chi connectivity index (χ3v) is 6.67. The first kappa shape index (κ1) is 18.3. The number of nitrogens with zero attached hydrogens (tertiary/aromatic N) is 3. The van der Waals surface area contributed by atoms with Crippen LogP contribution in [0, 0.1) is 0 Å². The summed E-state index contributed by atoms with van der Waals surface area (Å²) in [5.41, 5.74) is 2.87. The van der Waals surface area contributed by atoms with Crippen LogP contribution < -0.4 is 0 Å². The maximum absolute atomic E-state index is 13.1. The number of carbonyl (C=O) groups excluding carboxylic acids is 1. The number of H-pyrrole nitrogens is 1. The van der Waals surface area contributed by atoms with Crippen LogP contribution >= 0.6 is 22.9 Å². The first-order valence-electron chi connectivity index (χ1n) is 9.63. The van der Waals surface area contributed by atoms with E-state index in [4.69, 9.17) is 16.6 Å². The van der Waals surface area contributed by atoms with Crippen LogP contribution in [0.25, 0.3) is 21.6 Å². The van der Waals surface area contributed by atoms with E-state index in [1.54, 1.807) is 6.20 Å². The first-order valence-corrected chi connectivity index (χ1v) is 10.8. The van der Waals surface area contributed by atoms with Crippen molar-refractivity contribution in [2.45, 2.75) is 18.8 Å². The van der Waals surface area contributed by atoms with Crippen molar-refractivity contribution in [2.75, 3.05) is 13.1 Å². The topological polar surface area (TPSA) is 61.9 Å². The van der Waals surface area contributed by atoms with Crippen LogP contribution in [0.15, 0.2) is 54.7 Å². The van der Waals surface area contributed by atoms with Gasteiger partial charge in [0, 0.05) is 24.6 Å². The number of carbonyl (C=O) groups is 1. The van der Waals surface area contributed by atoms with Crippen molar-refractivity contribution in [3.05, 3.63) is 70.5 Å². The van der Waals surface area contributed by atoms with E-state index in [2.05, 4.69) is 9.97 Å². The zero-order valence-corrected chi connectivity index (χ0v) is 17.2. The molecule has 1 N–H and O–H groups in total. The number of halogens is 1. The monoisotopic (exact) mass is 422 g/mol. The molecule has 2 aromatic heterocycles. The summed E-state index contributed by atoms with van der Waals surface area (Å²) in [5.74, 6) is 1.21. The molecule has 0 bridgehead atoms. The maximum Gasteiger partial charge on any atom is 0.265 e. The predicted molar refractivity (Wildman–Crippen MR) is 117 cm³/mol. The Bertz CT molecular complexity index is 1150. The molecule has 146 valence electrons. The summed E-state index contributed by atoms with van der Waals surface area (Å²) in [4.78, 5) is 28.3. The Morgan fingerprint density at radius 3 is 2.86 bits per heavy atom. The number of amides is 1. The molecule has 5 rings (SSSR count). The number of aromatic amines is 1. The van der Waals surface area contributed by atoms with Gasteiger partial charge >= 0.3 is 0 Å². The molecule has 2 aromatic carbocycles. The van der Waals surface area contributed by atoms with Gasteiger partial charge in [-0.25, -0.2) is 9.97 Å². The normalized spacial score (nSPS) is 17.0. The number of rotatable bonds is 3. The third-order valence-electron chi connectivity index (χ3n) is 5.32. The highest BCUT2D eigenvalue weighted by Crippen LogP contribution is 2.33. The largest absolute Gasteiger partial charge is 0.342 e. The highest BCUT2D eigenvalue weighted by Gasteiger charge is 2.28. The van der Waals surface area contributed by atoms with Gasteiger partial charge in [-0.2, -0.15) is 0 Å². The van der Waals surface area contributed by atoms with Gasteiger partial charge in [-0.05, 0) is 31.0 Å². The molecule has 3 heterocycles. The van der Waals surface area contributed by atoms with Gasteiger partial charge in [0.15, 0.2) is 0 Å². The molecule has 1 fully saturated rings. The summed E-state index contributed by atoms with van der Waals surface area (Å²) >= 11 is 7.67. The Morgan fingerprint density at radius 1 is 1.17 bits per heavy atom. The van der Waals surface area contributed by atoms with Gasteiger partial charge in [-0.15, -0.1) is 11.3 Å². The van der Waals surface area contributed by atoms with E-state index >= 15 is 0 Å². The van der Waals surface area contributed by atoms with Crippen LogP contribution in [-0.2, 0) is 0 Å². The standard InChI is InChI=1S/C22H19ClN4OS/c23-16-8-2-1-7-15(16)21-24-12-19(29-21)22(28)27-11-5-6-14(13-27)20-25-17-9-3-4-10-18(17)26-20/h1-4,7-10,12,14H,5-6,11,13H2,(H,25,26). The van der Waals surface area contributed by atoms with E-state index in [0.29, 0.717) is 16.4 Å². The second kappa shape index (κ2) is 7.61. The lowest BCUT2D eigenvalue weighted by Gasteiger charge is -2.31. The fourth-order valence-corrected chi connectivity index (χ4v) is 5.04. The van der Waals surface area contributed by atoms with E-state index in [0.717, 1.165) is 46.8 Å². The zero-order valence-electron chi connectivity index (χ0n) is 15.6. The summed E-state index contributed by atoms with van der Waals surface area (Å²) in [7, 11) is 0. The lowest BCUT2D eigenvalue weighted by atomic mass is 9.97. The number of benzene rings is 2. The summed E-state index contributed by atoms with van der Waals surface area (Å²) in [6.45, 7) is 1.42. The second-order valence-corrected chi connectivity index (χ2v) is 8.68. The molecular weight excluding hydrogens is 404 g/mol. The van der Waals surface area contributed by atoms with Crippen molar-refractivity contribution in [3.63, 3.8) is 0 Å². The summed E-state index contributed by atoms with van der Waals surface area (Å²) in [6, 6.07) is 15.6. The lowest BCUT2D eigenvalue weighted by molar-refractivity contribution is 0.0709. The molecule has 29 heavy (non-hydrogen) atoms. The van der Waals surface area contributed by atoms with Gasteiger partial charge in [0.1, 0.15) is 15.7 Å². The number of fused-ring (bicyclic) bond motifs is 1. The van der Waals surface area contributed by atoms with Crippen molar-refractivity contribution in [2.24, 2.45) is 0 Å². The number of nitrogens with one attached hydrogen (secondary N) is 1. The molecule has 0 spiro atoms. The molecule has 1 amide bonds. The van der Waals surface area contributed by atoms with E-state index in [-0.39, 0.29) is 11.8 Å². The number of imidazole rings is 1. The fourth-order valence-electron chi connectivity index (χ4n) is 3.84. The van der Waals surface area contributed by atoms with Gasteiger partial charge in [0.05, 0.1) is 22.3 Å². The van der Waals surface area contributed by atoms with Crippen molar-refractivity contribution in [1.29, 1.82) is 0 Å².